The minimum Gasteiger partial charge on any atom is -0.317 e. The van der Waals surface area contributed by atoms with E-state index in [1.807, 2.05) is 25.2 Å². The van der Waals surface area contributed by atoms with Gasteiger partial charge < -0.3 is 5.32 Å². The number of nitrogens with one attached hydrogen (secondary N) is 1. The summed E-state index contributed by atoms with van der Waals surface area (Å²) < 4.78 is 22.8. The van der Waals surface area contributed by atoms with Gasteiger partial charge in [0.15, 0.2) is 0 Å². The van der Waals surface area contributed by atoms with Crippen molar-refractivity contribution < 1.29 is 8.42 Å². The van der Waals surface area contributed by atoms with Gasteiger partial charge in [0, 0.05) is 23.7 Å². The van der Waals surface area contributed by atoms with Crippen molar-refractivity contribution in [2.75, 3.05) is 18.6 Å². The molecule has 0 amide bonds. The lowest BCUT2D eigenvalue weighted by Crippen LogP contribution is -2.26. The van der Waals surface area contributed by atoms with Crippen molar-refractivity contribution >= 4 is 9.84 Å². The monoisotopic (exact) mass is 284 g/mol. The third-order valence-corrected chi connectivity index (χ3v) is 5.12. The molecule has 1 aromatic heterocycles. The molecular formula is C14H24N2O2S. The second kappa shape index (κ2) is 8.27. The average Bonchev–Trinajstić information content (AvgIpc) is 2.43. The highest BCUT2D eigenvalue weighted by molar-refractivity contribution is 7.91. The molecule has 0 aliphatic carbocycles. The first-order valence-electron chi connectivity index (χ1n) is 6.85. The summed E-state index contributed by atoms with van der Waals surface area (Å²) in [4.78, 5) is 4.29. The highest BCUT2D eigenvalue weighted by Crippen LogP contribution is 2.08. The van der Waals surface area contributed by atoms with Crippen LogP contribution in [0.1, 0.15) is 31.9 Å². The van der Waals surface area contributed by atoms with Crippen molar-refractivity contribution in [3.8, 4) is 0 Å². The zero-order chi connectivity index (χ0) is 14.1. The molecule has 5 heteroatoms. The van der Waals surface area contributed by atoms with Gasteiger partial charge in [0.25, 0.3) is 0 Å². The topological polar surface area (TPSA) is 59.1 Å². The van der Waals surface area contributed by atoms with Crippen LogP contribution in [0.15, 0.2) is 24.4 Å². The number of rotatable bonds is 9. The van der Waals surface area contributed by atoms with E-state index in [1.54, 1.807) is 13.1 Å². The Kier molecular flexibility index (Phi) is 7.02. The molecule has 1 N–H and O–H groups in total. The van der Waals surface area contributed by atoms with Crippen LogP contribution in [0.25, 0.3) is 0 Å². The first-order valence-corrected chi connectivity index (χ1v) is 8.67. The van der Waals surface area contributed by atoms with Gasteiger partial charge in [-0.15, -0.1) is 0 Å². The molecule has 0 saturated heterocycles. The van der Waals surface area contributed by atoms with Crippen molar-refractivity contribution in [2.45, 2.75) is 38.6 Å². The van der Waals surface area contributed by atoms with Gasteiger partial charge in [0.1, 0.15) is 9.84 Å². The van der Waals surface area contributed by atoms with Crippen LogP contribution in [0.3, 0.4) is 0 Å². The Morgan fingerprint density at radius 3 is 2.68 bits per heavy atom. The third kappa shape index (κ3) is 6.68. The number of aryl methyl sites for hydroxylation is 1. The van der Waals surface area contributed by atoms with Crippen LogP contribution in [-0.4, -0.2) is 38.0 Å². The van der Waals surface area contributed by atoms with E-state index in [4.69, 9.17) is 0 Å². The molecule has 1 aromatic rings. The number of nitrogens with zero attached hydrogens (tertiary/aromatic N) is 1. The number of hydrogen-bond donors (Lipinski definition) is 1. The Labute approximate surface area is 116 Å². The van der Waals surface area contributed by atoms with Crippen LogP contribution in [0.2, 0.25) is 0 Å². The van der Waals surface area contributed by atoms with Crippen LogP contribution in [-0.2, 0) is 16.3 Å². The molecule has 0 fully saturated rings. The van der Waals surface area contributed by atoms with Gasteiger partial charge in [-0.2, -0.15) is 0 Å². The van der Waals surface area contributed by atoms with Gasteiger partial charge >= 0.3 is 0 Å². The van der Waals surface area contributed by atoms with Crippen LogP contribution in [0.4, 0.5) is 0 Å². The lowest BCUT2D eigenvalue weighted by Gasteiger charge is -2.15. The van der Waals surface area contributed by atoms with Gasteiger partial charge in [-0.05, 0) is 44.9 Å². The third-order valence-electron chi connectivity index (χ3n) is 3.33. The van der Waals surface area contributed by atoms with Crippen molar-refractivity contribution in [3.63, 3.8) is 0 Å². The summed E-state index contributed by atoms with van der Waals surface area (Å²) in [6, 6.07) is 6.28. The highest BCUT2D eigenvalue weighted by atomic mass is 32.2. The zero-order valence-corrected chi connectivity index (χ0v) is 12.6. The molecule has 108 valence electrons. The Hall–Kier alpha value is -0.940. The van der Waals surface area contributed by atoms with E-state index in [0.29, 0.717) is 11.8 Å². The van der Waals surface area contributed by atoms with E-state index in [9.17, 15) is 8.42 Å². The fraction of sp³-hybridized carbons (Fsp3) is 0.643. The minimum absolute atomic E-state index is 0.241. The Morgan fingerprint density at radius 2 is 2.11 bits per heavy atom. The molecule has 1 atom stereocenters. The van der Waals surface area contributed by atoms with E-state index in [1.165, 1.54) is 0 Å². The lowest BCUT2D eigenvalue weighted by molar-refractivity contribution is 0.480. The van der Waals surface area contributed by atoms with E-state index in [-0.39, 0.29) is 5.75 Å². The Morgan fingerprint density at radius 1 is 1.32 bits per heavy atom. The Bertz CT molecular complexity index is 446. The lowest BCUT2D eigenvalue weighted by atomic mass is 10.0. The van der Waals surface area contributed by atoms with Crippen molar-refractivity contribution in [1.82, 2.24) is 10.3 Å². The fourth-order valence-corrected chi connectivity index (χ4v) is 2.89. The number of sulfone groups is 1. The average molecular weight is 284 g/mol. The van der Waals surface area contributed by atoms with Crippen LogP contribution >= 0.6 is 0 Å². The number of aromatic nitrogens is 1. The largest absolute Gasteiger partial charge is 0.317 e. The van der Waals surface area contributed by atoms with Gasteiger partial charge in [0.05, 0.1) is 5.75 Å². The summed E-state index contributed by atoms with van der Waals surface area (Å²) in [5.41, 5.74) is 1.09. The molecule has 4 nitrogen and oxygen atoms in total. The summed E-state index contributed by atoms with van der Waals surface area (Å²) in [6.45, 7) is 1.70. The molecule has 1 unspecified atom stereocenters. The van der Waals surface area contributed by atoms with E-state index >= 15 is 0 Å². The molecule has 0 spiro atoms. The molecule has 0 saturated carbocycles. The maximum Gasteiger partial charge on any atom is 0.150 e. The predicted octanol–water partition coefficient (Wildman–Crippen LogP) is 1.82. The molecule has 0 aliphatic rings. The second-order valence-corrected chi connectivity index (χ2v) is 7.20. The summed E-state index contributed by atoms with van der Waals surface area (Å²) in [5, 5.41) is 3.25. The molecule has 19 heavy (non-hydrogen) atoms. The SMILES string of the molecule is CCS(=O)(=O)CCCC(CCc1ccccn1)NC. The van der Waals surface area contributed by atoms with Gasteiger partial charge in [0.2, 0.25) is 0 Å². The molecule has 0 aromatic carbocycles. The van der Waals surface area contributed by atoms with E-state index in [0.717, 1.165) is 31.4 Å². The summed E-state index contributed by atoms with van der Waals surface area (Å²) >= 11 is 0. The molecule has 0 radical (unpaired) electrons. The standard InChI is InChI=1S/C14H24N2O2S/c1-3-19(17,18)12-6-8-13(15-2)9-10-14-7-4-5-11-16-14/h4-5,7,11,13,15H,3,6,8-10,12H2,1-2H3. The first-order chi connectivity index (χ1) is 9.07. The van der Waals surface area contributed by atoms with Crippen molar-refractivity contribution in [3.05, 3.63) is 30.1 Å². The number of pyridine rings is 1. The van der Waals surface area contributed by atoms with Gasteiger partial charge in [-0.1, -0.05) is 13.0 Å². The second-order valence-electron chi connectivity index (χ2n) is 4.72. The van der Waals surface area contributed by atoms with Crippen LogP contribution in [0.5, 0.6) is 0 Å². The molecule has 1 rings (SSSR count). The Balaban J connectivity index is 2.30. The van der Waals surface area contributed by atoms with Gasteiger partial charge in [-0.25, -0.2) is 8.42 Å². The molecule has 1 heterocycles. The molecule has 0 aliphatic heterocycles. The maximum atomic E-state index is 11.4. The quantitative estimate of drug-likeness (QED) is 0.751. The normalized spacial score (nSPS) is 13.4. The van der Waals surface area contributed by atoms with Crippen LogP contribution < -0.4 is 5.32 Å². The van der Waals surface area contributed by atoms with Crippen molar-refractivity contribution in [2.24, 2.45) is 0 Å². The van der Waals surface area contributed by atoms with E-state index < -0.39 is 9.84 Å². The minimum atomic E-state index is -2.83. The fourth-order valence-electron chi connectivity index (χ4n) is 2.00. The van der Waals surface area contributed by atoms with Crippen molar-refractivity contribution in [1.29, 1.82) is 0 Å². The summed E-state index contributed by atoms with van der Waals surface area (Å²) in [6.07, 6.45) is 5.33. The van der Waals surface area contributed by atoms with E-state index in [2.05, 4.69) is 10.3 Å². The summed E-state index contributed by atoms with van der Waals surface area (Å²) in [7, 11) is -0.903. The summed E-state index contributed by atoms with van der Waals surface area (Å²) in [5.74, 6) is 0.538. The highest BCUT2D eigenvalue weighted by Gasteiger charge is 2.11. The first kappa shape index (κ1) is 16.1. The molecular weight excluding hydrogens is 260 g/mol. The maximum absolute atomic E-state index is 11.4. The predicted molar refractivity (Wildman–Crippen MR) is 79.0 cm³/mol. The molecule has 0 bridgehead atoms. The van der Waals surface area contributed by atoms with Crippen LogP contribution in [0, 0.1) is 0 Å². The zero-order valence-electron chi connectivity index (χ0n) is 11.8. The number of hydrogen-bond acceptors (Lipinski definition) is 4. The smallest absolute Gasteiger partial charge is 0.150 e. The van der Waals surface area contributed by atoms with Gasteiger partial charge in [-0.3, -0.25) is 4.98 Å².